The second-order valence-electron chi connectivity index (χ2n) is 1.72. The predicted octanol–water partition coefficient (Wildman–Crippen LogP) is -1.50. The summed E-state index contributed by atoms with van der Waals surface area (Å²) in [5, 5.41) is 0. The molecule has 0 aromatic carbocycles. The van der Waals surface area contributed by atoms with Gasteiger partial charge < -0.3 is 22.9 Å². The fourth-order valence-corrected chi connectivity index (χ4v) is 0. The van der Waals surface area contributed by atoms with E-state index in [2.05, 4.69) is 0 Å². The Morgan fingerprint density at radius 3 is 0.778 bits per heavy atom. The summed E-state index contributed by atoms with van der Waals surface area (Å²) < 4.78 is 0. The van der Waals surface area contributed by atoms with Gasteiger partial charge in [-0.3, -0.25) is 0 Å². The largest absolute Gasteiger partial charge is 0.316 e. The van der Waals surface area contributed by atoms with E-state index in [0.29, 0.717) is 0 Å². The Morgan fingerprint density at radius 2 is 0.778 bits per heavy atom. The topological polar surface area (TPSA) is 104 Å². The number of rotatable bonds is 0. The van der Waals surface area contributed by atoms with Crippen molar-refractivity contribution in [3.63, 3.8) is 0 Å². The summed E-state index contributed by atoms with van der Waals surface area (Å²) in [6.07, 6.45) is -0.333. The van der Waals surface area contributed by atoms with E-state index in [9.17, 15) is 0 Å². The minimum Gasteiger partial charge on any atom is -0.316 e. The van der Waals surface area contributed by atoms with Gasteiger partial charge in [0, 0.05) is 29.4 Å². The molecule has 5 heteroatoms. The van der Waals surface area contributed by atoms with Gasteiger partial charge in [-0.2, -0.15) is 0 Å². The Hall–Kier alpha value is 0.359. The van der Waals surface area contributed by atoms with Crippen LogP contribution in [0, 0.1) is 0 Å². The molecule has 0 saturated heterocycles. The molecule has 0 fully saturated rings. The van der Waals surface area contributed by atoms with Crippen molar-refractivity contribution in [1.29, 1.82) is 0 Å². The molecule has 1 radical (unpaired) electrons. The Morgan fingerprint density at radius 1 is 0.778 bits per heavy atom. The molecular formula is C4H16CuN4. The van der Waals surface area contributed by atoms with E-state index in [1.165, 1.54) is 0 Å². The Kier molecular flexibility index (Phi) is 20.1. The number of hydrogen-bond donors (Lipinski definition) is 4. The van der Waals surface area contributed by atoms with Crippen molar-refractivity contribution >= 4 is 0 Å². The molecule has 8 N–H and O–H groups in total. The third-order valence-electron chi connectivity index (χ3n) is 0. The van der Waals surface area contributed by atoms with E-state index < -0.39 is 0 Å². The normalized spacial score (nSPS) is 8.00. The minimum atomic E-state index is -0.167. The molecule has 4 nitrogen and oxygen atoms in total. The zero-order valence-electron chi connectivity index (χ0n) is 5.77. The second-order valence-corrected chi connectivity index (χ2v) is 1.72. The van der Waals surface area contributed by atoms with E-state index >= 15 is 0 Å². The van der Waals surface area contributed by atoms with Gasteiger partial charge in [-0.25, -0.2) is 0 Å². The molecule has 0 aromatic heterocycles. The maximum atomic E-state index is 4.89. The van der Waals surface area contributed by atoms with Gasteiger partial charge in [0.25, 0.3) is 0 Å². The molecule has 0 spiro atoms. The molecule has 0 aromatic rings. The van der Waals surface area contributed by atoms with Crippen LogP contribution in [0.15, 0.2) is 0 Å². The van der Waals surface area contributed by atoms with E-state index in [0.717, 1.165) is 0 Å². The van der Waals surface area contributed by atoms with Gasteiger partial charge in [-0.15, -0.1) is 0 Å². The maximum Gasteiger partial charge on any atom is 0.0491 e. The van der Waals surface area contributed by atoms with Crippen molar-refractivity contribution in [2.24, 2.45) is 22.9 Å². The van der Waals surface area contributed by atoms with E-state index in [1.807, 2.05) is 0 Å². The van der Waals surface area contributed by atoms with Gasteiger partial charge in [-0.1, -0.05) is 0 Å². The maximum absolute atomic E-state index is 4.89. The molecule has 63 valence electrons. The van der Waals surface area contributed by atoms with Gasteiger partial charge >= 0.3 is 0 Å². The Balaban J connectivity index is -0.0000000720. The Bertz CT molecular complexity index is 28.0. The first-order valence-electron chi connectivity index (χ1n) is 2.49. The minimum absolute atomic E-state index is 0. The van der Waals surface area contributed by atoms with Crippen LogP contribution in [0.3, 0.4) is 0 Å². The summed E-state index contributed by atoms with van der Waals surface area (Å²) in [7, 11) is 0. The molecule has 0 aliphatic carbocycles. The number of hydrogen-bond acceptors (Lipinski definition) is 4. The second kappa shape index (κ2) is 11.2. The molecule has 0 bridgehead atoms. The predicted molar refractivity (Wildman–Crippen MR) is 35.7 cm³/mol. The zero-order chi connectivity index (χ0) is 7.15. The fourth-order valence-electron chi connectivity index (χ4n) is 0. The van der Waals surface area contributed by atoms with E-state index in [1.54, 1.807) is 13.8 Å². The van der Waals surface area contributed by atoms with Crippen molar-refractivity contribution < 1.29 is 17.1 Å². The van der Waals surface area contributed by atoms with Crippen LogP contribution in [-0.4, -0.2) is 12.3 Å². The van der Waals surface area contributed by atoms with Crippen LogP contribution in [0.25, 0.3) is 0 Å². The third-order valence-corrected chi connectivity index (χ3v) is 0. The van der Waals surface area contributed by atoms with Crippen LogP contribution in [-0.2, 0) is 17.1 Å². The van der Waals surface area contributed by atoms with Crippen LogP contribution in [0.4, 0.5) is 0 Å². The molecule has 0 amide bonds. The zero-order valence-corrected chi connectivity index (χ0v) is 6.71. The molecule has 0 aliphatic heterocycles. The van der Waals surface area contributed by atoms with Crippen LogP contribution in [0.2, 0.25) is 0 Å². The van der Waals surface area contributed by atoms with Crippen molar-refractivity contribution in [1.82, 2.24) is 0 Å². The van der Waals surface area contributed by atoms with Crippen LogP contribution in [0.5, 0.6) is 0 Å². The first-order valence-corrected chi connectivity index (χ1v) is 2.49. The van der Waals surface area contributed by atoms with E-state index in [-0.39, 0.29) is 29.4 Å². The first kappa shape index (κ1) is 16.2. The van der Waals surface area contributed by atoms with Gasteiger partial charge in [0.15, 0.2) is 0 Å². The van der Waals surface area contributed by atoms with E-state index in [4.69, 9.17) is 22.9 Å². The molecule has 0 unspecified atom stereocenters. The monoisotopic (exact) mass is 183 g/mol. The molecule has 0 saturated carbocycles. The number of nitrogens with two attached hydrogens (primary N) is 4. The summed E-state index contributed by atoms with van der Waals surface area (Å²) in [4.78, 5) is 0. The molecule has 0 rings (SSSR count). The van der Waals surface area contributed by atoms with Crippen molar-refractivity contribution in [2.45, 2.75) is 26.2 Å². The summed E-state index contributed by atoms with van der Waals surface area (Å²) >= 11 is 0. The first-order chi connectivity index (χ1) is 3.46. The molecule has 0 aliphatic rings. The quantitative estimate of drug-likeness (QED) is 0.271. The SMILES string of the molecule is CC(N)N.CC(N)N.[Cu]. The molecule has 9 heavy (non-hydrogen) atoms. The third kappa shape index (κ3) is 2620. The standard InChI is InChI=1S/2C2H8N2.Cu/c2*1-2(3)4;/h2*2H,3-4H2,1H3;. The van der Waals surface area contributed by atoms with Crippen molar-refractivity contribution in [2.75, 3.05) is 0 Å². The summed E-state index contributed by atoms with van der Waals surface area (Å²) in [5.41, 5.74) is 19.6. The molecule has 0 atom stereocenters. The smallest absolute Gasteiger partial charge is 0.0491 e. The van der Waals surface area contributed by atoms with Gasteiger partial charge in [0.05, 0.1) is 0 Å². The van der Waals surface area contributed by atoms with Gasteiger partial charge in [-0.05, 0) is 13.8 Å². The van der Waals surface area contributed by atoms with Crippen molar-refractivity contribution in [3.05, 3.63) is 0 Å². The summed E-state index contributed by atoms with van der Waals surface area (Å²) in [5.74, 6) is 0. The molecular weight excluding hydrogens is 168 g/mol. The Labute approximate surface area is 66.8 Å². The fraction of sp³-hybridized carbons (Fsp3) is 1.00. The van der Waals surface area contributed by atoms with Gasteiger partial charge in [0.2, 0.25) is 0 Å². The van der Waals surface area contributed by atoms with Gasteiger partial charge in [0.1, 0.15) is 0 Å². The average molecular weight is 184 g/mol. The van der Waals surface area contributed by atoms with Crippen LogP contribution < -0.4 is 22.9 Å². The van der Waals surface area contributed by atoms with Crippen LogP contribution in [0.1, 0.15) is 13.8 Å². The van der Waals surface area contributed by atoms with Crippen molar-refractivity contribution in [3.8, 4) is 0 Å². The summed E-state index contributed by atoms with van der Waals surface area (Å²) in [6, 6.07) is 0. The average Bonchev–Trinajstić information content (AvgIpc) is 1.25. The van der Waals surface area contributed by atoms with Crippen LogP contribution >= 0.6 is 0 Å². The summed E-state index contributed by atoms with van der Waals surface area (Å²) in [6.45, 7) is 3.44. The molecule has 0 heterocycles.